The molecule has 0 saturated heterocycles. The molecule has 3 aromatic heterocycles. The Hall–Kier alpha value is -2.23. The largest absolute Gasteiger partial charge is 0.387 e. The summed E-state index contributed by atoms with van der Waals surface area (Å²) in [7, 11) is 1.54. The molecule has 1 atom stereocenters. The number of halogens is 1. The first-order valence-electron chi connectivity index (χ1n) is 6.94. The molecule has 10 heteroatoms. The zero-order chi connectivity index (χ0) is 17.3. The quantitative estimate of drug-likeness (QED) is 0.719. The molecule has 0 bridgehead atoms. The van der Waals surface area contributed by atoms with Crippen molar-refractivity contribution in [1.29, 1.82) is 0 Å². The Labute approximate surface area is 144 Å². The lowest BCUT2D eigenvalue weighted by Crippen LogP contribution is -2.38. The molecule has 3 aromatic rings. The maximum atomic E-state index is 12.0. The molecule has 0 unspecified atom stereocenters. The molecule has 0 fully saturated rings. The van der Waals surface area contributed by atoms with Crippen LogP contribution >= 0.6 is 22.9 Å². The van der Waals surface area contributed by atoms with Crippen molar-refractivity contribution in [2.24, 2.45) is 7.05 Å². The van der Waals surface area contributed by atoms with Crippen molar-refractivity contribution in [2.45, 2.75) is 19.1 Å². The molecular formula is C14H13ClN4O4S. The smallest absolute Gasteiger partial charge is 0.331 e. The summed E-state index contributed by atoms with van der Waals surface area (Å²) in [5.74, 6) is 0.398. The van der Waals surface area contributed by atoms with Gasteiger partial charge in [-0.3, -0.25) is 9.36 Å². The third-order valence-electron chi connectivity index (χ3n) is 3.33. The van der Waals surface area contributed by atoms with Crippen LogP contribution in [0, 0.1) is 0 Å². The Kier molecular flexibility index (Phi) is 4.65. The summed E-state index contributed by atoms with van der Waals surface area (Å²) in [6, 6.07) is 2.95. The van der Waals surface area contributed by atoms with Crippen LogP contribution in [0.4, 0.5) is 0 Å². The summed E-state index contributed by atoms with van der Waals surface area (Å²) < 4.78 is 7.33. The summed E-state index contributed by atoms with van der Waals surface area (Å²) in [6.45, 7) is -0.125. The van der Waals surface area contributed by atoms with Gasteiger partial charge in [0, 0.05) is 36.0 Å². The fourth-order valence-electron chi connectivity index (χ4n) is 2.11. The lowest BCUT2D eigenvalue weighted by atomic mass is 10.2. The molecular weight excluding hydrogens is 356 g/mol. The fraction of sp³-hybridized carbons (Fsp3) is 0.286. The average molecular weight is 369 g/mol. The summed E-state index contributed by atoms with van der Waals surface area (Å²) in [4.78, 5) is 28.5. The van der Waals surface area contributed by atoms with Crippen LogP contribution in [-0.4, -0.2) is 24.4 Å². The molecule has 3 rings (SSSR count). The minimum absolute atomic E-state index is 0.117. The zero-order valence-electron chi connectivity index (χ0n) is 12.5. The van der Waals surface area contributed by atoms with Gasteiger partial charge >= 0.3 is 5.69 Å². The molecule has 8 nitrogen and oxygen atoms in total. The number of rotatable bonds is 5. The van der Waals surface area contributed by atoms with Gasteiger partial charge in [-0.1, -0.05) is 16.8 Å². The topological polar surface area (TPSA) is 103 Å². The van der Waals surface area contributed by atoms with Crippen LogP contribution in [0.25, 0.3) is 0 Å². The second kappa shape index (κ2) is 6.71. The van der Waals surface area contributed by atoms with Gasteiger partial charge in [-0.15, -0.1) is 11.3 Å². The minimum atomic E-state index is -0.805. The lowest BCUT2D eigenvalue weighted by molar-refractivity contribution is 0.178. The fourth-order valence-corrected chi connectivity index (χ4v) is 3.18. The van der Waals surface area contributed by atoms with Gasteiger partial charge in [-0.25, -0.2) is 4.79 Å². The van der Waals surface area contributed by atoms with Crippen LogP contribution in [-0.2, 0) is 20.0 Å². The minimum Gasteiger partial charge on any atom is -0.387 e. The number of hydrogen-bond donors (Lipinski definition) is 1. The van der Waals surface area contributed by atoms with E-state index < -0.39 is 17.4 Å². The number of hydrogen-bond acceptors (Lipinski definition) is 7. The number of aromatic nitrogens is 4. The number of nitrogens with zero attached hydrogens (tertiary/aromatic N) is 4. The van der Waals surface area contributed by atoms with E-state index in [9.17, 15) is 14.7 Å². The van der Waals surface area contributed by atoms with E-state index in [1.807, 2.05) is 0 Å². The lowest BCUT2D eigenvalue weighted by Gasteiger charge is -2.04. The van der Waals surface area contributed by atoms with Crippen molar-refractivity contribution < 1.29 is 9.63 Å². The van der Waals surface area contributed by atoms with E-state index in [-0.39, 0.29) is 24.7 Å². The van der Waals surface area contributed by atoms with Crippen LogP contribution < -0.4 is 11.2 Å². The second-order valence-electron chi connectivity index (χ2n) is 5.13. The highest BCUT2D eigenvalue weighted by atomic mass is 35.5. The van der Waals surface area contributed by atoms with Gasteiger partial charge in [-0.05, 0) is 6.07 Å². The summed E-state index contributed by atoms with van der Waals surface area (Å²) >= 11 is 7.16. The molecule has 126 valence electrons. The van der Waals surface area contributed by atoms with Crippen LogP contribution in [0.3, 0.4) is 0 Å². The highest BCUT2D eigenvalue weighted by Gasteiger charge is 2.16. The highest BCUT2D eigenvalue weighted by Crippen LogP contribution is 2.26. The van der Waals surface area contributed by atoms with Gasteiger partial charge in [0.2, 0.25) is 5.89 Å². The van der Waals surface area contributed by atoms with Crippen LogP contribution in [0.5, 0.6) is 0 Å². The molecule has 0 radical (unpaired) electrons. The first-order valence-corrected chi connectivity index (χ1v) is 8.19. The number of aliphatic hydroxyl groups excluding tert-OH is 1. The van der Waals surface area contributed by atoms with Gasteiger partial charge in [0.25, 0.3) is 5.56 Å². The van der Waals surface area contributed by atoms with Crippen LogP contribution in [0.1, 0.15) is 22.7 Å². The van der Waals surface area contributed by atoms with E-state index in [1.54, 1.807) is 18.5 Å². The molecule has 1 N–H and O–H groups in total. The maximum absolute atomic E-state index is 12.0. The van der Waals surface area contributed by atoms with E-state index >= 15 is 0 Å². The molecule has 0 saturated carbocycles. The molecule has 24 heavy (non-hydrogen) atoms. The predicted molar refractivity (Wildman–Crippen MR) is 87.3 cm³/mol. The van der Waals surface area contributed by atoms with Crippen molar-refractivity contribution >= 4 is 22.9 Å². The Bertz CT molecular complexity index is 974. The van der Waals surface area contributed by atoms with Crippen LogP contribution in [0.15, 0.2) is 37.8 Å². The Balaban J connectivity index is 1.76. The molecule has 0 aromatic carbocycles. The van der Waals surface area contributed by atoms with Gasteiger partial charge < -0.3 is 14.2 Å². The standard InChI is InChI=1S/C14H13ClN4O4S/c1-18-3-2-13(21)19(14(18)22)6-12-16-11(17-23-12)5-9(20)10-4-8(15)7-24-10/h2-4,7,9,20H,5-6H2,1H3/t9-/m0/s1. The third-order valence-corrected chi connectivity index (χ3v) is 4.72. The van der Waals surface area contributed by atoms with Crippen molar-refractivity contribution in [3.05, 3.63) is 66.2 Å². The van der Waals surface area contributed by atoms with Crippen molar-refractivity contribution in [2.75, 3.05) is 0 Å². The van der Waals surface area contributed by atoms with Gasteiger partial charge in [0.1, 0.15) is 6.54 Å². The van der Waals surface area contributed by atoms with Crippen molar-refractivity contribution in [3.63, 3.8) is 0 Å². The maximum Gasteiger partial charge on any atom is 0.331 e. The Morgan fingerprint density at radius 1 is 1.46 bits per heavy atom. The molecule has 0 spiro atoms. The normalized spacial score (nSPS) is 12.5. The second-order valence-corrected chi connectivity index (χ2v) is 6.50. The first-order chi connectivity index (χ1) is 11.4. The van der Waals surface area contributed by atoms with E-state index in [0.29, 0.717) is 9.90 Å². The number of aryl methyl sites for hydroxylation is 1. The molecule has 0 amide bonds. The van der Waals surface area contributed by atoms with E-state index in [1.165, 1.54) is 28.2 Å². The first kappa shape index (κ1) is 16.6. The number of aliphatic hydroxyl groups is 1. The predicted octanol–water partition coefficient (Wildman–Crippen LogP) is 0.969. The SMILES string of the molecule is Cn1ccc(=O)n(Cc2nc(C[C@H](O)c3cc(Cl)cs3)no2)c1=O. The number of thiophene rings is 1. The van der Waals surface area contributed by atoms with Gasteiger partial charge in [0.05, 0.1) is 11.1 Å². The summed E-state index contributed by atoms with van der Waals surface area (Å²) in [5, 5.41) is 16.2. The Morgan fingerprint density at radius 2 is 2.25 bits per heavy atom. The molecule has 3 heterocycles. The van der Waals surface area contributed by atoms with E-state index in [0.717, 1.165) is 4.57 Å². The average Bonchev–Trinajstić information content (AvgIpc) is 3.17. The monoisotopic (exact) mass is 368 g/mol. The zero-order valence-corrected chi connectivity index (χ0v) is 14.1. The van der Waals surface area contributed by atoms with Crippen molar-refractivity contribution in [3.8, 4) is 0 Å². The van der Waals surface area contributed by atoms with Gasteiger partial charge in [-0.2, -0.15) is 4.98 Å². The Morgan fingerprint density at radius 3 is 2.96 bits per heavy atom. The third kappa shape index (κ3) is 3.48. The van der Waals surface area contributed by atoms with E-state index in [4.69, 9.17) is 16.1 Å². The van der Waals surface area contributed by atoms with Gasteiger partial charge in [0.15, 0.2) is 5.82 Å². The van der Waals surface area contributed by atoms with Crippen LogP contribution in [0.2, 0.25) is 5.02 Å². The highest BCUT2D eigenvalue weighted by molar-refractivity contribution is 7.10. The molecule has 0 aliphatic rings. The molecule has 0 aliphatic heterocycles. The van der Waals surface area contributed by atoms with Crippen molar-refractivity contribution in [1.82, 2.24) is 19.3 Å². The van der Waals surface area contributed by atoms with E-state index in [2.05, 4.69) is 10.1 Å². The summed E-state index contributed by atoms with van der Waals surface area (Å²) in [6.07, 6.45) is 0.727. The molecule has 0 aliphatic carbocycles. The summed E-state index contributed by atoms with van der Waals surface area (Å²) in [5.41, 5.74) is -0.929.